The normalized spacial score (nSPS) is 10.8. The van der Waals surface area contributed by atoms with Crippen LogP contribution in [-0.4, -0.2) is 35.7 Å². The molecule has 0 spiro atoms. The minimum absolute atomic E-state index is 0.0761. The summed E-state index contributed by atoms with van der Waals surface area (Å²) < 4.78 is 42.5. The fourth-order valence-electron chi connectivity index (χ4n) is 2.03. The van der Waals surface area contributed by atoms with E-state index in [0.717, 1.165) is 0 Å². The Morgan fingerprint density at radius 2 is 1.75 bits per heavy atom. The average Bonchev–Trinajstić information content (AvgIpc) is 2.60. The number of methoxy groups -OCH3 is 3. The Kier molecular flexibility index (Phi) is 5.30. The van der Waals surface area contributed by atoms with Crippen molar-refractivity contribution < 1.29 is 27.4 Å². The average molecular weight is 351 g/mol. The Morgan fingerprint density at radius 3 is 2.38 bits per heavy atom. The molecule has 2 aromatic rings. The quantitative estimate of drug-likeness (QED) is 0.803. The van der Waals surface area contributed by atoms with Crippen LogP contribution < -0.4 is 14.2 Å². The van der Waals surface area contributed by atoms with E-state index >= 15 is 0 Å². The van der Waals surface area contributed by atoms with Crippen molar-refractivity contribution in [2.24, 2.45) is 0 Å². The van der Waals surface area contributed by atoms with Crippen molar-refractivity contribution >= 4 is 21.7 Å². The van der Waals surface area contributed by atoms with Crippen molar-refractivity contribution in [2.75, 3.05) is 26.1 Å². The maximum Gasteiger partial charge on any atom is 0.337 e. The van der Waals surface area contributed by atoms with Crippen LogP contribution in [0.25, 0.3) is 0 Å². The molecule has 0 heterocycles. The Labute approximate surface area is 140 Å². The standard InChI is InChI=1S/C16H17NO6S/c1-21-13-7-8-14(22-2)15(10-13)24(19,20)17-12-6-4-5-11(9-12)16(18)23-3/h4-10,17H,1-3H3. The maximum atomic E-state index is 12.6. The van der Waals surface area contributed by atoms with Crippen LogP contribution in [0.2, 0.25) is 0 Å². The lowest BCUT2D eigenvalue weighted by Crippen LogP contribution is -2.14. The molecular formula is C16H17NO6S. The zero-order valence-corrected chi connectivity index (χ0v) is 14.2. The van der Waals surface area contributed by atoms with Crippen LogP contribution in [0.4, 0.5) is 5.69 Å². The lowest BCUT2D eigenvalue weighted by Gasteiger charge is -2.13. The largest absolute Gasteiger partial charge is 0.497 e. The number of hydrogen-bond acceptors (Lipinski definition) is 6. The summed E-state index contributed by atoms with van der Waals surface area (Å²) in [4.78, 5) is 11.5. The number of sulfonamides is 1. The summed E-state index contributed by atoms with van der Waals surface area (Å²) >= 11 is 0. The van der Waals surface area contributed by atoms with Crippen molar-refractivity contribution in [2.45, 2.75) is 4.90 Å². The number of esters is 1. The first-order valence-electron chi connectivity index (χ1n) is 6.84. The number of carbonyl (C=O) groups is 1. The molecule has 0 aromatic heterocycles. The number of hydrogen-bond donors (Lipinski definition) is 1. The number of benzene rings is 2. The molecular weight excluding hydrogens is 334 g/mol. The summed E-state index contributed by atoms with van der Waals surface area (Å²) in [5, 5.41) is 0. The third-order valence-electron chi connectivity index (χ3n) is 3.20. The minimum atomic E-state index is -3.94. The van der Waals surface area contributed by atoms with E-state index in [1.165, 1.54) is 51.7 Å². The van der Waals surface area contributed by atoms with Gasteiger partial charge in [0.2, 0.25) is 0 Å². The van der Waals surface area contributed by atoms with E-state index in [0.29, 0.717) is 5.75 Å². The second-order valence-corrected chi connectivity index (χ2v) is 6.35. The Balaban J connectivity index is 2.40. The molecule has 0 aliphatic heterocycles. The van der Waals surface area contributed by atoms with Gasteiger partial charge in [0.05, 0.1) is 26.9 Å². The molecule has 24 heavy (non-hydrogen) atoms. The topological polar surface area (TPSA) is 90.9 Å². The zero-order valence-electron chi connectivity index (χ0n) is 13.4. The lowest BCUT2D eigenvalue weighted by atomic mass is 10.2. The molecule has 128 valence electrons. The molecule has 0 atom stereocenters. The molecule has 0 aliphatic rings. The first kappa shape index (κ1) is 17.6. The van der Waals surface area contributed by atoms with E-state index < -0.39 is 16.0 Å². The molecule has 0 fully saturated rings. The summed E-state index contributed by atoms with van der Waals surface area (Å²) in [6, 6.07) is 10.4. The van der Waals surface area contributed by atoms with Gasteiger partial charge in [0.1, 0.15) is 16.4 Å². The second-order valence-electron chi connectivity index (χ2n) is 4.69. The van der Waals surface area contributed by atoms with Gasteiger partial charge in [-0.2, -0.15) is 0 Å². The third kappa shape index (κ3) is 3.77. The van der Waals surface area contributed by atoms with Gasteiger partial charge in [-0.1, -0.05) is 6.07 Å². The van der Waals surface area contributed by atoms with Crippen LogP contribution in [0, 0.1) is 0 Å². The number of anilines is 1. The van der Waals surface area contributed by atoms with E-state index in [4.69, 9.17) is 9.47 Å². The fourth-order valence-corrected chi connectivity index (χ4v) is 3.27. The van der Waals surface area contributed by atoms with Crippen LogP contribution in [0.15, 0.2) is 47.4 Å². The number of nitrogens with one attached hydrogen (secondary N) is 1. The lowest BCUT2D eigenvalue weighted by molar-refractivity contribution is 0.0601. The molecule has 0 radical (unpaired) electrons. The summed E-state index contributed by atoms with van der Waals surface area (Å²) in [6.45, 7) is 0. The molecule has 0 saturated heterocycles. The van der Waals surface area contributed by atoms with Gasteiger partial charge in [0.25, 0.3) is 10.0 Å². The van der Waals surface area contributed by atoms with Gasteiger partial charge >= 0.3 is 5.97 Å². The highest BCUT2D eigenvalue weighted by Gasteiger charge is 2.21. The smallest absolute Gasteiger partial charge is 0.337 e. The first-order chi connectivity index (χ1) is 11.4. The van der Waals surface area contributed by atoms with E-state index in [9.17, 15) is 13.2 Å². The Morgan fingerprint density at radius 1 is 1.00 bits per heavy atom. The highest BCUT2D eigenvalue weighted by Crippen LogP contribution is 2.29. The van der Waals surface area contributed by atoms with Crippen molar-refractivity contribution in [1.29, 1.82) is 0 Å². The predicted octanol–water partition coefficient (Wildman–Crippen LogP) is 2.29. The molecule has 2 aromatic carbocycles. The summed E-state index contributed by atoms with van der Waals surface area (Å²) in [6.07, 6.45) is 0. The van der Waals surface area contributed by atoms with Crippen LogP contribution in [0.3, 0.4) is 0 Å². The molecule has 0 aliphatic carbocycles. The van der Waals surface area contributed by atoms with Gasteiger partial charge in [-0.05, 0) is 30.3 Å². The third-order valence-corrected chi connectivity index (χ3v) is 4.60. The van der Waals surface area contributed by atoms with Gasteiger partial charge in [0, 0.05) is 11.8 Å². The maximum absolute atomic E-state index is 12.6. The van der Waals surface area contributed by atoms with Crippen LogP contribution >= 0.6 is 0 Å². The molecule has 1 N–H and O–H groups in total. The van der Waals surface area contributed by atoms with Crippen LogP contribution in [-0.2, 0) is 14.8 Å². The van der Waals surface area contributed by atoms with E-state index in [2.05, 4.69) is 9.46 Å². The molecule has 7 nitrogen and oxygen atoms in total. The number of ether oxygens (including phenoxy) is 3. The highest BCUT2D eigenvalue weighted by atomic mass is 32.2. The summed E-state index contributed by atoms with van der Waals surface area (Å²) in [5.74, 6) is -0.0121. The molecule has 2 rings (SSSR count). The highest BCUT2D eigenvalue weighted by molar-refractivity contribution is 7.92. The summed E-state index contributed by atoms with van der Waals surface area (Å²) in [7, 11) is 0.115. The molecule has 8 heteroatoms. The molecule has 0 amide bonds. The van der Waals surface area contributed by atoms with E-state index in [1.54, 1.807) is 12.1 Å². The second kappa shape index (κ2) is 7.22. The van der Waals surface area contributed by atoms with Crippen LogP contribution in [0.5, 0.6) is 11.5 Å². The summed E-state index contributed by atoms with van der Waals surface area (Å²) in [5.41, 5.74) is 0.457. The Hall–Kier alpha value is -2.74. The Bertz CT molecular complexity index is 847. The SMILES string of the molecule is COC(=O)c1cccc(NS(=O)(=O)c2cc(OC)ccc2OC)c1. The van der Waals surface area contributed by atoms with Gasteiger partial charge in [-0.15, -0.1) is 0 Å². The van der Waals surface area contributed by atoms with Gasteiger partial charge in [-0.3, -0.25) is 4.72 Å². The number of rotatable bonds is 6. The van der Waals surface area contributed by atoms with Crippen LogP contribution in [0.1, 0.15) is 10.4 Å². The predicted molar refractivity (Wildman–Crippen MR) is 88.1 cm³/mol. The van der Waals surface area contributed by atoms with Crippen molar-refractivity contribution in [1.82, 2.24) is 0 Å². The van der Waals surface area contributed by atoms with Crippen molar-refractivity contribution in [3.8, 4) is 11.5 Å². The fraction of sp³-hybridized carbons (Fsp3) is 0.188. The number of carbonyl (C=O) groups excluding carboxylic acids is 1. The van der Waals surface area contributed by atoms with Gasteiger partial charge in [0.15, 0.2) is 0 Å². The minimum Gasteiger partial charge on any atom is -0.497 e. The van der Waals surface area contributed by atoms with E-state index in [1.807, 2.05) is 0 Å². The zero-order chi connectivity index (χ0) is 17.7. The monoisotopic (exact) mass is 351 g/mol. The first-order valence-corrected chi connectivity index (χ1v) is 8.33. The van der Waals surface area contributed by atoms with Crippen molar-refractivity contribution in [3.05, 3.63) is 48.0 Å². The molecule has 0 saturated carbocycles. The van der Waals surface area contributed by atoms with Crippen molar-refractivity contribution in [3.63, 3.8) is 0 Å². The van der Waals surface area contributed by atoms with E-state index in [-0.39, 0.29) is 21.9 Å². The van der Waals surface area contributed by atoms with Gasteiger partial charge < -0.3 is 14.2 Å². The molecule has 0 bridgehead atoms. The van der Waals surface area contributed by atoms with Gasteiger partial charge in [-0.25, -0.2) is 13.2 Å². The molecule has 0 unspecified atom stereocenters.